The second-order valence-corrected chi connectivity index (χ2v) is 4.90. The van der Waals surface area contributed by atoms with E-state index in [0.717, 1.165) is 10.5 Å². The van der Waals surface area contributed by atoms with Crippen molar-refractivity contribution in [3.05, 3.63) is 47.7 Å². The predicted octanol–water partition coefficient (Wildman–Crippen LogP) is 0.982. The first-order valence-corrected chi connectivity index (χ1v) is 7.02. The SMILES string of the molecule is CC(=O)N1CC(=O)N/C(=C\CCOCc2ccccc2)C1=O. The van der Waals surface area contributed by atoms with Crippen LogP contribution in [0.3, 0.4) is 0 Å². The fraction of sp³-hybridized carbons (Fsp3) is 0.312. The Hall–Kier alpha value is -2.47. The molecule has 1 aromatic rings. The lowest BCUT2D eigenvalue weighted by atomic mass is 10.2. The van der Waals surface area contributed by atoms with Crippen molar-refractivity contribution in [3.8, 4) is 0 Å². The summed E-state index contributed by atoms with van der Waals surface area (Å²) in [7, 11) is 0. The van der Waals surface area contributed by atoms with Gasteiger partial charge in [-0.2, -0.15) is 0 Å². The molecular weight excluding hydrogens is 284 g/mol. The molecule has 6 nitrogen and oxygen atoms in total. The highest BCUT2D eigenvalue weighted by molar-refractivity contribution is 6.10. The first-order chi connectivity index (χ1) is 10.6. The maximum atomic E-state index is 12.0. The predicted molar refractivity (Wildman–Crippen MR) is 79.3 cm³/mol. The Morgan fingerprint density at radius 3 is 2.73 bits per heavy atom. The third kappa shape index (κ3) is 4.26. The van der Waals surface area contributed by atoms with E-state index in [2.05, 4.69) is 5.32 Å². The standard InChI is InChI=1S/C16H18N2O4/c1-12(19)18-10-15(20)17-14(16(18)21)8-5-9-22-11-13-6-3-2-4-7-13/h2-4,6-8H,5,9-11H2,1H3,(H,17,20)/b14-8-. The first kappa shape index (κ1) is 15.9. The number of imide groups is 1. The van der Waals surface area contributed by atoms with Crippen LogP contribution in [0.5, 0.6) is 0 Å². The molecule has 1 heterocycles. The topological polar surface area (TPSA) is 75.7 Å². The highest BCUT2D eigenvalue weighted by Gasteiger charge is 2.30. The Kier molecular flexibility index (Phi) is 5.43. The van der Waals surface area contributed by atoms with Gasteiger partial charge in [0.15, 0.2) is 0 Å². The first-order valence-electron chi connectivity index (χ1n) is 7.02. The van der Waals surface area contributed by atoms with Crippen molar-refractivity contribution in [2.45, 2.75) is 20.0 Å². The number of carbonyl (C=O) groups excluding carboxylic acids is 3. The highest BCUT2D eigenvalue weighted by atomic mass is 16.5. The lowest BCUT2D eigenvalue weighted by molar-refractivity contribution is -0.147. The van der Waals surface area contributed by atoms with Crippen LogP contribution in [0.25, 0.3) is 0 Å². The molecule has 0 atom stereocenters. The number of hydrogen-bond donors (Lipinski definition) is 1. The summed E-state index contributed by atoms with van der Waals surface area (Å²) in [6, 6.07) is 9.74. The third-order valence-corrected chi connectivity index (χ3v) is 3.15. The molecule has 0 spiro atoms. The molecule has 6 heteroatoms. The van der Waals surface area contributed by atoms with Crippen LogP contribution in [0.4, 0.5) is 0 Å². The second kappa shape index (κ2) is 7.51. The molecular formula is C16H18N2O4. The molecule has 22 heavy (non-hydrogen) atoms. The van der Waals surface area contributed by atoms with Gasteiger partial charge in [-0.15, -0.1) is 0 Å². The van der Waals surface area contributed by atoms with Crippen molar-refractivity contribution in [1.82, 2.24) is 10.2 Å². The van der Waals surface area contributed by atoms with Crippen LogP contribution in [-0.2, 0) is 25.7 Å². The third-order valence-electron chi connectivity index (χ3n) is 3.15. The van der Waals surface area contributed by atoms with Gasteiger partial charge in [0, 0.05) is 6.92 Å². The van der Waals surface area contributed by atoms with Crippen molar-refractivity contribution in [3.63, 3.8) is 0 Å². The Morgan fingerprint density at radius 2 is 2.05 bits per heavy atom. The molecule has 1 aliphatic heterocycles. The number of amides is 3. The van der Waals surface area contributed by atoms with Crippen molar-refractivity contribution < 1.29 is 19.1 Å². The fourth-order valence-corrected chi connectivity index (χ4v) is 2.05. The minimum absolute atomic E-state index is 0.134. The summed E-state index contributed by atoms with van der Waals surface area (Å²) in [4.78, 5) is 35.7. The minimum atomic E-state index is -0.477. The zero-order valence-electron chi connectivity index (χ0n) is 12.4. The largest absolute Gasteiger partial charge is 0.376 e. The summed E-state index contributed by atoms with van der Waals surface area (Å²) < 4.78 is 5.50. The van der Waals surface area contributed by atoms with Gasteiger partial charge in [0.1, 0.15) is 12.2 Å². The zero-order valence-corrected chi connectivity index (χ0v) is 12.4. The van der Waals surface area contributed by atoms with E-state index in [4.69, 9.17) is 4.74 Å². The highest BCUT2D eigenvalue weighted by Crippen LogP contribution is 2.08. The molecule has 1 aliphatic rings. The number of benzene rings is 1. The maximum absolute atomic E-state index is 12.0. The van der Waals surface area contributed by atoms with Gasteiger partial charge in [-0.1, -0.05) is 36.4 Å². The molecule has 0 radical (unpaired) electrons. The molecule has 1 fully saturated rings. The fourth-order valence-electron chi connectivity index (χ4n) is 2.05. The van der Waals surface area contributed by atoms with Crippen LogP contribution in [0.15, 0.2) is 42.1 Å². The summed E-state index contributed by atoms with van der Waals surface area (Å²) in [5, 5.41) is 2.48. The van der Waals surface area contributed by atoms with Crippen molar-refractivity contribution in [2.24, 2.45) is 0 Å². The van der Waals surface area contributed by atoms with Gasteiger partial charge < -0.3 is 10.1 Å². The Morgan fingerprint density at radius 1 is 1.32 bits per heavy atom. The molecule has 0 aromatic heterocycles. The Bertz CT molecular complexity index is 595. The number of nitrogens with zero attached hydrogens (tertiary/aromatic N) is 1. The van der Waals surface area contributed by atoms with E-state index in [0.29, 0.717) is 19.6 Å². The molecule has 2 rings (SSSR count). The van der Waals surface area contributed by atoms with E-state index in [-0.39, 0.29) is 18.1 Å². The van der Waals surface area contributed by atoms with E-state index in [1.54, 1.807) is 6.08 Å². The summed E-state index contributed by atoms with van der Waals surface area (Å²) in [5.41, 5.74) is 1.20. The van der Waals surface area contributed by atoms with Crippen molar-refractivity contribution in [1.29, 1.82) is 0 Å². The second-order valence-electron chi connectivity index (χ2n) is 4.90. The molecule has 0 bridgehead atoms. The van der Waals surface area contributed by atoms with Crippen LogP contribution >= 0.6 is 0 Å². The maximum Gasteiger partial charge on any atom is 0.277 e. The van der Waals surface area contributed by atoms with Gasteiger partial charge in [0.25, 0.3) is 5.91 Å². The number of piperazine rings is 1. The van der Waals surface area contributed by atoms with Crippen LogP contribution < -0.4 is 5.32 Å². The lowest BCUT2D eigenvalue weighted by Crippen LogP contribution is -2.51. The monoisotopic (exact) mass is 302 g/mol. The van der Waals surface area contributed by atoms with Crippen LogP contribution in [-0.4, -0.2) is 35.8 Å². The van der Waals surface area contributed by atoms with Gasteiger partial charge in [0.05, 0.1) is 13.2 Å². The molecule has 1 saturated heterocycles. The minimum Gasteiger partial charge on any atom is -0.376 e. The molecule has 1 aromatic carbocycles. The molecule has 1 N–H and O–H groups in total. The quantitative estimate of drug-likeness (QED) is 0.650. The molecule has 0 saturated carbocycles. The number of rotatable bonds is 5. The van der Waals surface area contributed by atoms with E-state index >= 15 is 0 Å². The lowest BCUT2D eigenvalue weighted by Gasteiger charge is -2.25. The average Bonchev–Trinajstić information content (AvgIpc) is 2.50. The smallest absolute Gasteiger partial charge is 0.277 e. The zero-order chi connectivity index (χ0) is 15.9. The number of hydrogen-bond acceptors (Lipinski definition) is 4. The molecule has 0 aliphatic carbocycles. The van der Waals surface area contributed by atoms with Crippen LogP contribution in [0, 0.1) is 0 Å². The van der Waals surface area contributed by atoms with Gasteiger partial charge in [-0.25, -0.2) is 0 Å². The molecule has 3 amide bonds. The van der Waals surface area contributed by atoms with Gasteiger partial charge in [0.2, 0.25) is 11.8 Å². The van der Waals surface area contributed by atoms with Crippen LogP contribution in [0.2, 0.25) is 0 Å². The van der Waals surface area contributed by atoms with E-state index in [9.17, 15) is 14.4 Å². The molecule has 116 valence electrons. The Balaban J connectivity index is 1.83. The summed E-state index contributed by atoms with van der Waals surface area (Å²) in [6.07, 6.45) is 2.06. The van der Waals surface area contributed by atoms with Gasteiger partial charge in [-0.3, -0.25) is 19.3 Å². The molecule has 0 unspecified atom stereocenters. The normalized spacial score (nSPS) is 16.8. The van der Waals surface area contributed by atoms with Gasteiger partial charge >= 0.3 is 0 Å². The van der Waals surface area contributed by atoms with Crippen LogP contribution in [0.1, 0.15) is 18.9 Å². The Labute approximate surface area is 128 Å². The van der Waals surface area contributed by atoms with Crippen molar-refractivity contribution in [2.75, 3.05) is 13.2 Å². The van der Waals surface area contributed by atoms with Gasteiger partial charge in [-0.05, 0) is 12.0 Å². The van der Waals surface area contributed by atoms with E-state index in [1.807, 2.05) is 30.3 Å². The number of nitrogens with one attached hydrogen (secondary N) is 1. The summed E-state index contributed by atoms with van der Waals surface area (Å²) >= 11 is 0. The number of carbonyl (C=O) groups is 3. The summed E-state index contributed by atoms with van der Waals surface area (Å²) in [5.74, 6) is -1.28. The number of ether oxygens (including phenoxy) is 1. The van der Waals surface area contributed by atoms with Crippen molar-refractivity contribution >= 4 is 17.7 Å². The summed E-state index contributed by atoms with van der Waals surface area (Å²) in [6.45, 7) is 1.94. The average molecular weight is 302 g/mol. The van der Waals surface area contributed by atoms with E-state index < -0.39 is 11.8 Å². The van der Waals surface area contributed by atoms with E-state index in [1.165, 1.54) is 6.92 Å².